The molecule has 2 nitrogen and oxygen atoms in total. The van der Waals surface area contributed by atoms with E-state index in [0.717, 1.165) is 0 Å². The van der Waals surface area contributed by atoms with Gasteiger partial charge in [0.25, 0.3) is 0 Å². The van der Waals surface area contributed by atoms with Gasteiger partial charge in [-0.15, -0.1) is 0 Å². The van der Waals surface area contributed by atoms with Crippen molar-refractivity contribution in [3.8, 4) is 0 Å². The van der Waals surface area contributed by atoms with Crippen LogP contribution in [0.3, 0.4) is 0 Å². The molecule has 0 bridgehead atoms. The Morgan fingerprint density at radius 1 is 0.462 bits per heavy atom. The van der Waals surface area contributed by atoms with Gasteiger partial charge in [0.1, 0.15) is 0 Å². The molecular formula is C10H12LiN2+3. The van der Waals surface area contributed by atoms with Gasteiger partial charge in [-0.3, -0.25) is 0 Å². The van der Waals surface area contributed by atoms with Crippen LogP contribution < -0.4 is 28.8 Å². The first-order valence-corrected chi connectivity index (χ1v) is 3.82. The standard InChI is InChI=1S/2C5H5N.Li/c2*1-2-4-6-5-3-1;/h2*1-5H;/q;;+1/p+2. The number of aromatic amines is 2. The van der Waals surface area contributed by atoms with Crippen LogP contribution in [0.2, 0.25) is 0 Å². The molecule has 0 saturated carbocycles. The largest absolute Gasteiger partial charge is 1.00 e. The molecule has 0 unspecified atom stereocenters. The van der Waals surface area contributed by atoms with Crippen LogP contribution in [0.25, 0.3) is 0 Å². The SMILES string of the molecule is [Li+].c1cc[nH+]cc1.c1cc[nH+]cc1. The first kappa shape index (κ1) is 11.9. The molecule has 0 saturated heterocycles. The van der Waals surface area contributed by atoms with Crippen molar-refractivity contribution in [1.29, 1.82) is 0 Å². The minimum Gasteiger partial charge on any atom is -0.218 e. The number of nitrogens with one attached hydrogen (secondary N) is 2. The Hall–Kier alpha value is -1.10. The summed E-state index contributed by atoms with van der Waals surface area (Å²) in [5, 5.41) is 0. The van der Waals surface area contributed by atoms with Crippen molar-refractivity contribution in [2.75, 3.05) is 0 Å². The maximum absolute atomic E-state index is 2.89. The molecule has 0 aliphatic rings. The number of rotatable bonds is 0. The van der Waals surface area contributed by atoms with Crippen LogP contribution in [0.5, 0.6) is 0 Å². The van der Waals surface area contributed by atoms with Gasteiger partial charge in [-0.2, -0.15) is 0 Å². The molecule has 0 aliphatic heterocycles. The van der Waals surface area contributed by atoms with E-state index in [4.69, 9.17) is 0 Å². The Bertz CT molecular complexity index is 188. The Labute approximate surface area is 90.2 Å². The van der Waals surface area contributed by atoms with Crippen molar-refractivity contribution in [3.05, 3.63) is 61.2 Å². The third-order valence-electron chi connectivity index (χ3n) is 1.21. The zero-order chi connectivity index (χ0) is 8.49. The molecular weight excluding hydrogens is 155 g/mol. The van der Waals surface area contributed by atoms with E-state index >= 15 is 0 Å². The summed E-state index contributed by atoms with van der Waals surface area (Å²) in [7, 11) is 0. The monoisotopic (exact) mass is 167 g/mol. The summed E-state index contributed by atoms with van der Waals surface area (Å²) in [5.41, 5.74) is 0. The zero-order valence-electron chi connectivity index (χ0n) is 7.77. The van der Waals surface area contributed by atoms with Crippen molar-refractivity contribution < 1.29 is 28.8 Å². The summed E-state index contributed by atoms with van der Waals surface area (Å²) in [4.78, 5) is 5.78. The fourth-order valence-electron chi connectivity index (χ4n) is 0.684. The van der Waals surface area contributed by atoms with E-state index in [1.54, 1.807) is 0 Å². The fraction of sp³-hybridized carbons (Fsp3) is 0. The molecule has 2 N–H and O–H groups in total. The molecule has 2 rings (SSSR count). The quantitative estimate of drug-likeness (QED) is 0.406. The maximum atomic E-state index is 2.89. The molecule has 60 valence electrons. The fourth-order valence-corrected chi connectivity index (χ4v) is 0.684. The van der Waals surface area contributed by atoms with Gasteiger partial charge in [0.15, 0.2) is 24.8 Å². The molecule has 2 aromatic rings. The normalized spacial score (nSPS) is 7.38. The van der Waals surface area contributed by atoms with Gasteiger partial charge in [-0.25, -0.2) is 9.97 Å². The Balaban J connectivity index is 0.000000206. The molecule has 13 heavy (non-hydrogen) atoms. The van der Waals surface area contributed by atoms with Gasteiger partial charge in [0, 0.05) is 24.3 Å². The Morgan fingerprint density at radius 3 is 0.846 bits per heavy atom. The van der Waals surface area contributed by atoms with Gasteiger partial charge < -0.3 is 0 Å². The number of pyridine rings is 2. The Kier molecular flexibility index (Phi) is 8.23. The van der Waals surface area contributed by atoms with E-state index < -0.39 is 0 Å². The molecule has 0 atom stereocenters. The first-order chi connectivity index (χ1) is 6.00. The summed E-state index contributed by atoms with van der Waals surface area (Å²) in [6.45, 7) is 0. The summed E-state index contributed by atoms with van der Waals surface area (Å²) in [6.07, 6.45) is 7.50. The van der Waals surface area contributed by atoms with Gasteiger partial charge in [-0.1, -0.05) is 12.1 Å². The average molecular weight is 167 g/mol. The average Bonchev–Trinajstić information content (AvgIpc) is 2.24. The molecule has 3 heteroatoms. The minimum absolute atomic E-state index is 0. The van der Waals surface area contributed by atoms with Crippen molar-refractivity contribution in [2.45, 2.75) is 0 Å². The molecule has 0 spiro atoms. The van der Waals surface area contributed by atoms with E-state index in [9.17, 15) is 0 Å². The van der Waals surface area contributed by atoms with Crippen molar-refractivity contribution in [1.82, 2.24) is 0 Å². The van der Waals surface area contributed by atoms with Crippen LogP contribution in [-0.4, -0.2) is 0 Å². The number of hydrogen-bond acceptors (Lipinski definition) is 0. The molecule has 0 amide bonds. The molecule has 0 aliphatic carbocycles. The molecule has 0 radical (unpaired) electrons. The van der Waals surface area contributed by atoms with Crippen LogP contribution in [0, 0.1) is 0 Å². The zero-order valence-corrected chi connectivity index (χ0v) is 7.77. The predicted molar refractivity (Wildman–Crippen MR) is 46.0 cm³/mol. The van der Waals surface area contributed by atoms with E-state index in [-0.39, 0.29) is 18.9 Å². The van der Waals surface area contributed by atoms with Gasteiger partial charge in [0.2, 0.25) is 0 Å². The predicted octanol–water partition coefficient (Wildman–Crippen LogP) is -1.99. The topological polar surface area (TPSA) is 28.3 Å². The van der Waals surface area contributed by atoms with E-state index in [1.807, 2.05) is 61.2 Å². The molecule has 2 aromatic heterocycles. The smallest absolute Gasteiger partial charge is 0.218 e. The summed E-state index contributed by atoms with van der Waals surface area (Å²) < 4.78 is 0. The van der Waals surface area contributed by atoms with E-state index in [2.05, 4.69) is 9.97 Å². The summed E-state index contributed by atoms with van der Waals surface area (Å²) >= 11 is 0. The second-order valence-corrected chi connectivity index (χ2v) is 2.15. The first-order valence-electron chi connectivity index (χ1n) is 3.82. The molecule has 0 fully saturated rings. The molecule has 2 heterocycles. The van der Waals surface area contributed by atoms with E-state index in [1.165, 1.54) is 0 Å². The number of aromatic nitrogens is 2. The van der Waals surface area contributed by atoms with Crippen LogP contribution in [0.1, 0.15) is 0 Å². The second kappa shape index (κ2) is 8.99. The summed E-state index contributed by atoms with van der Waals surface area (Å²) in [6, 6.07) is 11.7. The maximum Gasteiger partial charge on any atom is 1.00 e. The van der Waals surface area contributed by atoms with E-state index in [0.29, 0.717) is 0 Å². The third-order valence-corrected chi connectivity index (χ3v) is 1.21. The van der Waals surface area contributed by atoms with Crippen molar-refractivity contribution >= 4 is 0 Å². The van der Waals surface area contributed by atoms with Gasteiger partial charge in [-0.05, 0) is 0 Å². The second-order valence-electron chi connectivity index (χ2n) is 2.15. The molecule has 0 aromatic carbocycles. The number of H-pyrrole nitrogens is 2. The third kappa shape index (κ3) is 7.26. The number of hydrogen-bond donors (Lipinski definition) is 0. The van der Waals surface area contributed by atoms with Crippen LogP contribution in [-0.2, 0) is 0 Å². The van der Waals surface area contributed by atoms with Crippen LogP contribution >= 0.6 is 0 Å². The summed E-state index contributed by atoms with van der Waals surface area (Å²) in [5.74, 6) is 0. The van der Waals surface area contributed by atoms with Gasteiger partial charge in [0.05, 0.1) is 0 Å². The van der Waals surface area contributed by atoms with Crippen molar-refractivity contribution in [3.63, 3.8) is 0 Å². The minimum atomic E-state index is 0. The Morgan fingerprint density at radius 2 is 0.769 bits per heavy atom. The van der Waals surface area contributed by atoms with Crippen LogP contribution in [0.15, 0.2) is 61.2 Å². The van der Waals surface area contributed by atoms with Crippen molar-refractivity contribution in [2.24, 2.45) is 0 Å². The van der Waals surface area contributed by atoms with Gasteiger partial charge >= 0.3 is 18.9 Å². The van der Waals surface area contributed by atoms with Crippen LogP contribution in [0.4, 0.5) is 0 Å².